The second-order valence-corrected chi connectivity index (χ2v) is 30.0. The predicted molar refractivity (Wildman–Crippen MR) is 372 cm³/mol. The van der Waals surface area contributed by atoms with Crippen LogP contribution in [0.15, 0.2) is 0 Å². The molecule has 92 heavy (non-hydrogen) atoms. The van der Waals surface area contributed by atoms with E-state index in [0.717, 1.165) is 108 Å². The van der Waals surface area contributed by atoms with E-state index >= 15 is 0 Å². The van der Waals surface area contributed by atoms with Gasteiger partial charge in [-0.2, -0.15) is 0 Å². The SMILES string of the molecule is CCCCCCCCCCCCCCCCCC(=O)O[C@H](COC(=O)CCCCCCCCCCCCCC(C)C)COP(=O)(O)OC[C@@H](O)COP(=O)(O)OC[C@@H](COC(=O)CCCCCCCCC(C)CC)OC(=O)CCCCCCCCCCCCCCC. The molecule has 546 valence electrons. The van der Waals surface area contributed by atoms with Gasteiger partial charge in [0, 0.05) is 25.7 Å². The Bertz CT molecular complexity index is 1790. The van der Waals surface area contributed by atoms with Crippen molar-refractivity contribution in [2.45, 2.75) is 394 Å². The third-order valence-corrected chi connectivity index (χ3v) is 19.2. The third kappa shape index (κ3) is 65.4. The smallest absolute Gasteiger partial charge is 0.462 e. The maximum atomic E-state index is 13.1. The molecule has 0 aliphatic heterocycles. The molecule has 0 bridgehead atoms. The normalized spacial score (nSPS) is 14.4. The second-order valence-electron chi connectivity index (χ2n) is 27.1. The number of aliphatic hydroxyl groups excluding tert-OH is 1. The zero-order chi connectivity index (χ0) is 67.9. The number of carbonyl (C=O) groups is 4. The number of hydrogen-bond acceptors (Lipinski definition) is 15. The van der Waals surface area contributed by atoms with Gasteiger partial charge in [0.1, 0.15) is 19.3 Å². The quantitative estimate of drug-likeness (QED) is 0.0222. The van der Waals surface area contributed by atoms with Crippen LogP contribution in [0.3, 0.4) is 0 Å². The van der Waals surface area contributed by atoms with Crippen LogP contribution in [-0.2, 0) is 65.4 Å². The van der Waals surface area contributed by atoms with Gasteiger partial charge in [0.25, 0.3) is 0 Å². The molecular weight excluding hydrogens is 1210 g/mol. The highest BCUT2D eigenvalue weighted by Gasteiger charge is 2.30. The van der Waals surface area contributed by atoms with Crippen LogP contribution < -0.4 is 0 Å². The molecule has 3 unspecified atom stereocenters. The van der Waals surface area contributed by atoms with Crippen LogP contribution in [-0.4, -0.2) is 96.7 Å². The minimum absolute atomic E-state index is 0.107. The van der Waals surface area contributed by atoms with Crippen LogP contribution in [0.2, 0.25) is 0 Å². The lowest BCUT2D eigenvalue weighted by atomic mass is 10.00. The number of aliphatic hydroxyl groups is 1. The van der Waals surface area contributed by atoms with Crippen molar-refractivity contribution in [3.63, 3.8) is 0 Å². The molecule has 3 N–H and O–H groups in total. The lowest BCUT2D eigenvalue weighted by Gasteiger charge is -2.21. The maximum Gasteiger partial charge on any atom is 0.472 e. The van der Waals surface area contributed by atoms with E-state index < -0.39 is 97.5 Å². The van der Waals surface area contributed by atoms with E-state index in [1.165, 1.54) is 186 Å². The molecule has 0 rings (SSSR count). The molecule has 17 nitrogen and oxygen atoms in total. The van der Waals surface area contributed by atoms with Crippen LogP contribution in [0.1, 0.15) is 375 Å². The van der Waals surface area contributed by atoms with Crippen molar-refractivity contribution in [2.24, 2.45) is 11.8 Å². The summed E-state index contributed by atoms with van der Waals surface area (Å²) < 4.78 is 68.4. The Labute approximate surface area is 562 Å². The van der Waals surface area contributed by atoms with Crippen molar-refractivity contribution in [2.75, 3.05) is 39.6 Å². The Kier molecular flexibility index (Phi) is 63.7. The highest BCUT2D eigenvalue weighted by atomic mass is 31.2. The van der Waals surface area contributed by atoms with Crippen molar-refractivity contribution >= 4 is 39.5 Å². The predicted octanol–water partition coefficient (Wildman–Crippen LogP) is 21.2. The number of carbonyl (C=O) groups excluding carboxylic acids is 4. The summed E-state index contributed by atoms with van der Waals surface area (Å²) in [5.41, 5.74) is 0. The minimum atomic E-state index is -4.95. The van der Waals surface area contributed by atoms with E-state index in [2.05, 4.69) is 41.5 Å². The summed E-state index contributed by atoms with van der Waals surface area (Å²) in [5, 5.41) is 10.6. The molecule has 0 saturated heterocycles. The van der Waals surface area contributed by atoms with Crippen molar-refractivity contribution in [1.82, 2.24) is 0 Å². The first-order chi connectivity index (χ1) is 44.4. The van der Waals surface area contributed by atoms with E-state index in [9.17, 15) is 43.2 Å². The molecule has 0 aromatic rings. The molecule has 0 fully saturated rings. The van der Waals surface area contributed by atoms with Crippen LogP contribution in [0.25, 0.3) is 0 Å². The summed E-state index contributed by atoms with van der Waals surface area (Å²) in [4.78, 5) is 72.7. The van der Waals surface area contributed by atoms with Gasteiger partial charge in [0.05, 0.1) is 26.4 Å². The maximum absolute atomic E-state index is 13.1. The van der Waals surface area contributed by atoms with Gasteiger partial charge in [0.15, 0.2) is 12.2 Å². The van der Waals surface area contributed by atoms with Crippen LogP contribution in [0.4, 0.5) is 0 Å². The number of esters is 4. The molecule has 19 heteroatoms. The van der Waals surface area contributed by atoms with Gasteiger partial charge >= 0.3 is 39.5 Å². The largest absolute Gasteiger partial charge is 0.472 e. The Morgan fingerprint density at radius 2 is 0.554 bits per heavy atom. The van der Waals surface area contributed by atoms with E-state index in [-0.39, 0.29) is 25.7 Å². The first-order valence-corrected chi connectivity index (χ1v) is 41.0. The summed E-state index contributed by atoms with van der Waals surface area (Å²) in [5.74, 6) is -0.616. The number of ether oxygens (including phenoxy) is 4. The molecule has 0 aromatic heterocycles. The van der Waals surface area contributed by atoms with Crippen molar-refractivity contribution in [3.8, 4) is 0 Å². The first kappa shape index (κ1) is 90.1. The summed E-state index contributed by atoms with van der Waals surface area (Å²) >= 11 is 0. The van der Waals surface area contributed by atoms with Crippen LogP contribution in [0, 0.1) is 11.8 Å². The van der Waals surface area contributed by atoms with Crippen molar-refractivity contribution < 1.29 is 80.2 Å². The summed E-state index contributed by atoms with van der Waals surface area (Å²) in [7, 11) is -9.91. The van der Waals surface area contributed by atoms with Crippen molar-refractivity contribution in [3.05, 3.63) is 0 Å². The molecule has 6 atom stereocenters. The first-order valence-electron chi connectivity index (χ1n) is 38.0. The zero-order valence-electron chi connectivity index (χ0n) is 59.9. The molecule has 0 aliphatic carbocycles. The fourth-order valence-corrected chi connectivity index (χ4v) is 12.7. The monoisotopic (exact) mass is 1350 g/mol. The Morgan fingerprint density at radius 3 is 0.826 bits per heavy atom. The number of phosphoric acid groups is 2. The molecule has 0 amide bonds. The van der Waals surface area contributed by atoms with Crippen molar-refractivity contribution in [1.29, 1.82) is 0 Å². The van der Waals surface area contributed by atoms with Crippen LogP contribution >= 0.6 is 15.6 Å². The number of unbranched alkanes of at least 4 members (excludes halogenated alkanes) is 41. The highest BCUT2D eigenvalue weighted by molar-refractivity contribution is 7.47. The van der Waals surface area contributed by atoms with Crippen LogP contribution in [0.5, 0.6) is 0 Å². The van der Waals surface area contributed by atoms with Gasteiger partial charge in [-0.3, -0.25) is 37.3 Å². The minimum Gasteiger partial charge on any atom is -0.462 e. The fourth-order valence-electron chi connectivity index (χ4n) is 11.1. The van der Waals surface area contributed by atoms with E-state index in [4.69, 9.17) is 37.0 Å². The molecule has 0 saturated carbocycles. The number of hydrogen-bond donors (Lipinski definition) is 3. The van der Waals surface area contributed by atoms with Gasteiger partial charge in [0.2, 0.25) is 0 Å². The Balaban J connectivity index is 5.26. The summed E-state index contributed by atoms with van der Waals surface area (Å²) in [6.07, 6.45) is 51.2. The summed E-state index contributed by atoms with van der Waals surface area (Å²) in [6, 6.07) is 0. The molecule has 0 spiro atoms. The lowest BCUT2D eigenvalue weighted by molar-refractivity contribution is -0.161. The molecule has 0 aromatic carbocycles. The second kappa shape index (κ2) is 65.0. The Morgan fingerprint density at radius 1 is 0.315 bits per heavy atom. The van der Waals surface area contributed by atoms with E-state index in [1.807, 2.05) is 0 Å². The van der Waals surface area contributed by atoms with Gasteiger partial charge in [-0.05, 0) is 37.5 Å². The average molecular weight is 1350 g/mol. The van der Waals surface area contributed by atoms with Gasteiger partial charge < -0.3 is 33.8 Å². The number of rotatable bonds is 72. The van der Waals surface area contributed by atoms with E-state index in [1.54, 1.807) is 0 Å². The molecule has 0 radical (unpaired) electrons. The summed E-state index contributed by atoms with van der Waals surface area (Å²) in [6.45, 7) is 9.55. The third-order valence-electron chi connectivity index (χ3n) is 17.3. The van der Waals surface area contributed by atoms with Gasteiger partial charge in [-0.25, -0.2) is 9.13 Å². The van der Waals surface area contributed by atoms with E-state index in [0.29, 0.717) is 25.7 Å². The topological polar surface area (TPSA) is 237 Å². The molecule has 0 heterocycles. The molecular formula is C73H142O17P2. The van der Waals surface area contributed by atoms with Gasteiger partial charge in [-0.1, -0.05) is 324 Å². The standard InChI is InChI=1S/C73H142O17P2/c1-7-10-12-14-16-18-20-22-23-25-29-34-38-46-52-58-72(77)89-68(61-83-70(75)55-49-43-36-32-30-26-27-31-35-41-47-53-65(4)5)63-87-91(79,80)85-59-67(74)60-86-92(81,82)88-64-69(62-84-71(76)56-50-44-40-39-42-48-54-66(6)9-3)90-73(78)57-51-45-37-33-28-24-21-19-17-15-13-11-8-2/h65-69,74H,7-64H2,1-6H3,(H,79,80)(H,81,82)/t66?,67-,68-,69-/m1/s1. The van der Waals surface area contributed by atoms with Gasteiger partial charge in [-0.15, -0.1) is 0 Å². The Hall–Kier alpha value is -1.94. The molecule has 0 aliphatic rings. The fraction of sp³-hybridized carbons (Fsp3) is 0.945. The lowest BCUT2D eigenvalue weighted by Crippen LogP contribution is -2.30. The average Bonchev–Trinajstić information content (AvgIpc) is 2.32. The zero-order valence-corrected chi connectivity index (χ0v) is 61.6. The number of phosphoric ester groups is 2. The highest BCUT2D eigenvalue weighted by Crippen LogP contribution is 2.45.